The Bertz CT molecular complexity index is 1160. The zero-order valence-corrected chi connectivity index (χ0v) is 18.6. The molecule has 0 aromatic heterocycles. The van der Waals surface area contributed by atoms with Gasteiger partial charge in [-0.05, 0) is 41.3 Å². The highest BCUT2D eigenvalue weighted by Crippen LogP contribution is 2.27. The number of hydrogen-bond acceptors (Lipinski definition) is 3. The molecule has 168 valence electrons. The van der Waals surface area contributed by atoms with Crippen LogP contribution in [0, 0.1) is 11.6 Å². The fraction of sp³-hybridized carbons (Fsp3) is 0.208. The van der Waals surface area contributed by atoms with E-state index in [0.717, 1.165) is 24.0 Å². The van der Waals surface area contributed by atoms with E-state index in [1.165, 1.54) is 6.07 Å². The monoisotopic (exact) mass is 458 g/mol. The highest BCUT2D eigenvalue weighted by Gasteiger charge is 2.24. The van der Waals surface area contributed by atoms with Gasteiger partial charge in [-0.2, -0.15) is 0 Å². The van der Waals surface area contributed by atoms with Crippen molar-refractivity contribution in [2.75, 3.05) is 17.1 Å². The van der Waals surface area contributed by atoms with Gasteiger partial charge in [0.2, 0.25) is 10.0 Å². The summed E-state index contributed by atoms with van der Waals surface area (Å²) < 4.78 is 53.4. The van der Waals surface area contributed by atoms with E-state index in [4.69, 9.17) is 0 Å². The molecule has 3 rings (SSSR count). The molecule has 1 N–H and O–H groups in total. The first-order chi connectivity index (χ1) is 15.2. The Hall–Kier alpha value is -3.26. The van der Waals surface area contributed by atoms with E-state index in [1.807, 2.05) is 37.3 Å². The van der Waals surface area contributed by atoms with Crippen molar-refractivity contribution in [3.63, 3.8) is 0 Å². The SMILES string of the molecule is C[C@@H](CNC(=O)c1ccc(CN(c2c(F)cccc2F)S(C)(=O)=O)cc1)c1ccccc1. The second-order valence-corrected chi connectivity index (χ2v) is 9.47. The molecule has 3 aromatic rings. The number of carbonyl (C=O) groups excluding carboxylic acids is 1. The molecule has 5 nitrogen and oxygen atoms in total. The first kappa shape index (κ1) is 23.4. The Morgan fingerprint density at radius 3 is 2.09 bits per heavy atom. The van der Waals surface area contributed by atoms with Gasteiger partial charge >= 0.3 is 0 Å². The summed E-state index contributed by atoms with van der Waals surface area (Å²) in [5, 5.41) is 2.88. The summed E-state index contributed by atoms with van der Waals surface area (Å²) in [6, 6.07) is 19.2. The van der Waals surface area contributed by atoms with Crippen molar-refractivity contribution in [3.05, 3.63) is 101 Å². The van der Waals surface area contributed by atoms with E-state index in [9.17, 15) is 22.0 Å². The number of para-hydroxylation sites is 1. The molecule has 1 amide bonds. The average molecular weight is 459 g/mol. The second-order valence-electron chi connectivity index (χ2n) is 7.56. The first-order valence-corrected chi connectivity index (χ1v) is 11.9. The molecule has 0 unspecified atom stereocenters. The minimum atomic E-state index is -3.96. The van der Waals surface area contributed by atoms with Crippen LogP contribution < -0.4 is 9.62 Å². The molecular weight excluding hydrogens is 434 g/mol. The lowest BCUT2D eigenvalue weighted by Gasteiger charge is -2.23. The number of halogens is 2. The average Bonchev–Trinajstić information content (AvgIpc) is 2.76. The Balaban J connectivity index is 1.71. The summed E-state index contributed by atoms with van der Waals surface area (Å²) in [6.07, 6.45) is 0.884. The van der Waals surface area contributed by atoms with Crippen molar-refractivity contribution in [2.45, 2.75) is 19.4 Å². The predicted molar refractivity (Wildman–Crippen MR) is 121 cm³/mol. The predicted octanol–water partition coefficient (Wildman–Crippen LogP) is 4.46. The van der Waals surface area contributed by atoms with Crippen LogP contribution in [0.5, 0.6) is 0 Å². The van der Waals surface area contributed by atoms with Crippen LogP contribution in [0.3, 0.4) is 0 Å². The van der Waals surface area contributed by atoms with E-state index >= 15 is 0 Å². The molecule has 0 aliphatic rings. The number of hydrogen-bond donors (Lipinski definition) is 1. The molecule has 0 aliphatic carbocycles. The molecule has 0 aliphatic heterocycles. The third-order valence-corrected chi connectivity index (χ3v) is 6.18. The highest BCUT2D eigenvalue weighted by atomic mass is 32.2. The number of amides is 1. The minimum Gasteiger partial charge on any atom is -0.351 e. The van der Waals surface area contributed by atoms with Crippen LogP contribution in [0.25, 0.3) is 0 Å². The smallest absolute Gasteiger partial charge is 0.251 e. The lowest BCUT2D eigenvalue weighted by Crippen LogP contribution is -2.31. The van der Waals surface area contributed by atoms with Crippen LogP contribution in [0.2, 0.25) is 0 Å². The van der Waals surface area contributed by atoms with E-state index in [-0.39, 0.29) is 18.4 Å². The summed E-state index contributed by atoms with van der Waals surface area (Å²) in [4.78, 5) is 12.5. The largest absolute Gasteiger partial charge is 0.351 e. The lowest BCUT2D eigenvalue weighted by molar-refractivity contribution is 0.0951. The van der Waals surface area contributed by atoms with Gasteiger partial charge in [-0.3, -0.25) is 9.10 Å². The standard InChI is InChI=1S/C24H24F2N2O3S/c1-17(19-7-4-3-5-8-19)15-27-24(29)20-13-11-18(12-14-20)16-28(32(2,30)31)23-21(25)9-6-10-22(23)26/h3-14,17H,15-16H2,1-2H3,(H,27,29)/t17-/m0/s1. The number of nitrogens with one attached hydrogen (secondary N) is 1. The number of rotatable bonds is 8. The number of carbonyl (C=O) groups is 1. The normalized spacial score (nSPS) is 12.2. The number of anilines is 1. The number of nitrogens with zero attached hydrogens (tertiary/aromatic N) is 1. The zero-order chi connectivity index (χ0) is 23.3. The molecule has 0 heterocycles. The third kappa shape index (κ3) is 5.70. The van der Waals surface area contributed by atoms with Crippen molar-refractivity contribution in [2.24, 2.45) is 0 Å². The molecule has 0 saturated carbocycles. The van der Waals surface area contributed by atoms with Gasteiger partial charge in [-0.1, -0.05) is 55.5 Å². The molecule has 0 radical (unpaired) electrons. The van der Waals surface area contributed by atoms with E-state index in [1.54, 1.807) is 24.3 Å². The van der Waals surface area contributed by atoms with Crippen molar-refractivity contribution in [1.29, 1.82) is 0 Å². The van der Waals surface area contributed by atoms with Gasteiger partial charge in [-0.25, -0.2) is 17.2 Å². The van der Waals surface area contributed by atoms with Gasteiger partial charge in [0.15, 0.2) is 11.6 Å². The Morgan fingerprint density at radius 2 is 1.53 bits per heavy atom. The molecule has 0 spiro atoms. The quantitative estimate of drug-likeness (QED) is 0.542. The molecule has 8 heteroatoms. The maximum Gasteiger partial charge on any atom is 0.251 e. The molecular formula is C24H24F2N2O3S. The summed E-state index contributed by atoms with van der Waals surface area (Å²) in [5.41, 5.74) is 1.36. The van der Waals surface area contributed by atoms with Gasteiger partial charge in [-0.15, -0.1) is 0 Å². The molecule has 0 saturated heterocycles. The van der Waals surface area contributed by atoms with Gasteiger partial charge in [0.05, 0.1) is 12.8 Å². The fourth-order valence-corrected chi connectivity index (χ4v) is 4.15. The van der Waals surface area contributed by atoms with Gasteiger partial charge in [0.25, 0.3) is 5.91 Å². The lowest BCUT2D eigenvalue weighted by atomic mass is 10.0. The van der Waals surface area contributed by atoms with Crippen LogP contribution in [0.15, 0.2) is 72.8 Å². The van der Waals surface area contributed by atoms with Crippen LogP contribution in [0.1, 0.15) is 34.3 Å². The van der Waals surface area contributed by atoms with Crippen molar-refractivity contribution in [3.8, 4) is 0 Å². The number of benzene rings is 3. The molecule has 3 aromatic carbocycles. The summed E-state index contributed by atoms with van der Waals surface area (Å²) in [5.74, 6) is -2.07. The molecule has 1 atom stereocenters. The van der Waals surface area contributed by atoms with E-state index < -0.39 is 27.3 Å². The van der Waals surface area contributed by atoms with Crippen LogP contribution in [-0.4, -0.2) is 27.1 Å². The van der Waals surface area contributed by atoms with Crippen LogP contribution >= 0.6 is 0 Å². The van der Waals surface area contributed by atoms with Gasteiger partial charge in [0, 0.05) is 12.1 Å². The Labute approximate surface area is 186 Å². The van der Waals surface area contributed by atoms with Crippen LogP contribution in [-0.2, 0) is 16.6 Å². The Kier molecular flexibility index (Phi) is 7.25. The van der Waals surface area contributed by atoms with E-state index in [0.29, 0.717) is 22.0 Å². The molecule has 0 fully saturated rings. The molecule has 32 heavy (non-hydrogen) atoms. The first-order valence-electron chi connectivity index (χ1n) is 10.0. The third-order valence-electron chi connectivity index (χ3n) is 5.07. The summed E-state index contributed by atoms with van der Waals surface area (Å²) in [7, 11) is -3.96. The molecule has 0 bridgehead atoms. The maximum absolute atomic E-state index is 14.2. The maximum atomic E-state index is 14.2. The van der Waals surface area contributed by atoms with Crippen LogP contribution in [0.4, 0.5) is 14.5 Å². The Morgan fingerprint density at radius 1 is 0.938 bits per heavy atom. The topological polar surface area (TPSA) is 66.5 Å². The fourth-order valence-electron chi connectivity index (χ4n) is 3.26. The van der Waals surface area contributed by atoms with Crippen molar-refractivity contribution >= 4 is 21.6 Å². The van der Waals surface area contributed by atoms with E-state index in [2.05, 4.69) is 5.32 Å². The minimum absolute atomic E-state index is 0.137. The number of sulfonamides is 1. The van der Waals surface area contributed by atoms with Gasteiger partial charge < -0.3 is 5.32 Å². The van der Waals surface area contributed by atoms with Gasteiger partial charge in [0.1, 0.15) is 5.69 Å². The highest BCUT2D eigenvalue weighted by molar-refractivity contribution is 7.92. The summed E-state index contributed by atoms with van der Waals surface area (Å²) >= 11 is 0. The van der Waals surface area contributed by atoms with Crippen molar-refractivity contribution in [1.82, 2.24) is 5.32 Å². The summed E-state index contributed by atoms with van der Waals surface area (Å²) in [6.45, 7) is 2.20. The second kappa shape index (κ2) is 9.91. The zero-order valence-electron chi connectivity index (χ0n) is 17.8. The van der Waals surface area contributed by atoms with Crippen molar-refractivity contribution < 1.29 is 22.0 Å².